The van der Waals surface area contributed by atoms with E-state index < -0.39 is 5.54 Å². The van der Waals surface area contributed by atoms with Gasteiger partial charge in [-0.25, -0.2) is 4.39 Å². The average Bonchev–Trinajstić information content (AvgIpc) is 3.13. The third-order valence-electron chi connectivity index (χ3n) is 5.82. The molecule has 1 aromatic heterocycles. The van der Waals surface area contributed by atoms with Crippen molar-refractivity contribution in [2.75, 3.05) is 6.61 Å². The zero-order valence-electron chi connectivity index (χ0n) is 16.7. The van der Waals surface area contributed by atoms with E-state index in [0.29, 0.717) is 17.9 Å². The van der Waals surface area contributed by atoms with Gasteiger partial charge in [-0.3, -0.25) is 15.1 Å². The van der Waals surface area contributed by atoms with Crippen molar-refractivity contribution in [2.45, 2.75) is 57.2 Å². The van der Waals surface area contributed by atoms with E-state index in [-0.39, 0.29) is 36.2 Å². The maximum Gasteiger partial charge on any atom is 0.240 e. The monoisotopic (exact) mass is 419 g/mol. The summed E-state index contributed by atoms with van der Waals surface area (Å²) >= 11 is 0. The number of pyridine rings is 1. The number of hydrogen-bond donors (Lipinski definition) is 2. The van der Waals surface area contributed by atoms with E-state index in [1.54, 1.807) is 24.4 Å². The first-order valence-corrected chi connectivity index (χ1v) is 9.98. The Morgan fingerprint density at radius 1 is 1.24 bits per heavy atom. The SMILES string of the molecule is CCOc1ccc(F)c(-c2ccnc([C@@H]3CC[C@@]4(CC[C@H](C)NC4=O)N3)c2)c1.Cl. The summed E-state index contributed by atoms with van der Waals surface area (Å²) in [6.45, 7) is 4.46. The summed E-state index contributed by atoms with van der Waals surface area (Å²) in [6.07, 6.45) is 5.12. The fraction of sp³-hybridized carbons (Fsp3) is 0.455. The molecule has 3 heterocycles. The third kappa shape index (κ3) is 4.23. The Morgan fingerprint density at radius 3 is 2.79 bits per heavy atom. The van der Waals surface area contributed by atoms with Gasteiger partial charge < -0.3 is 10.1 Å². The van der Waals surface area contributed by atoms with Gasteiger partial charge in [-0.2, -0.15) is 0 Å². The van der Waals surface area contributed by atoms with Gasteiger partial charge in [0, 0.05) is 17.8 Å². The van der Waals surface area contributed by atoms with Crippen molar-refractivity contribution in [1.29, 1.82) is 0 Å². The number of amides is 1. The van der Waals surface area contributed by atoms with Crippen LogP contribution < -0.4 is 15.4 Å². The maximum atomic E-state index is 14.4. The van der Waals surface area contributed by atoms with E-state index in [0.717, 1.165) is 36.9 Å². The Bertz CT molecular complexity index is 894. The van der Waals surface area contributed by atoms with Gasteiger partial charge in [0.05, 0.1) is 23.9 Å². The molecule has 156 valence electrons. The van der Waals surface area contributed by atoms with Gasteiger partial charge in [0.2, 0.25) is 5.91 Å². The minimum atomic E-state index is -0.505. The molecular formula is C22H27ClFN3O2. The van der Waals surface area contributed by atoms with Crippen molar-refractivity contribution in [2.24, 2.45) is 0 Å². The number of carbonyl (C=O) groups is 1. The summed E-state index contributed by atoms with van der Waals surface area (Å²) in [7, 11) is 0. The highest BCUT2D eigenvalue weighted by Crippen LogP contribution is 2.38. The van der Waals surface area contributed by atoms with Crippen LogP contribution in [0.4, 0.5) is 4.39 Å². The number of rotatable bonds is 4. The van der Waals surface area contributed by atoms with E-state index in [1.165, 1.54) is 6.07 Å². The van der Waals surface area contributed by atoms with Crippen LogP contribution in [-0.2, 0) is 4.79 Å². The smallest absolute Gasteiger partial charge is 0.240 e. The molecule has 5 nitrogen and oxygen atoms in total. The van der Waals surface area contributed by atoms with Gasteiger partial charge in [0.1, 0.15) is 11.6 Å². The van der Waals surface area contributed by atoms with Crippen molar-refractivity contribution in [3.8, 4) is 16.9 Å². The van der Waals surface area contributed by atoms with Crippen LogP contribution in [0, 0.1) is 5.82 Å². The molecule has 2 aliphatic heterocycles. The first-order valence-electron chi connectivity index (χ1n) is 9.98. The van der Waals surface area contributed by atoms with Crippen molar-refractivity contribution >= 4 is 18.3 Å². The zero-order chi connectivity index (χ0) is 19.7. The highest BCUT2D eigenvalue weighted by molar-refractivity contribution is 5.87. The number of piperidine rings is 1. The van der Waals surface area contributed by atoms with Crippen molar-refractivity contribution in [1.82, 2.24) is 15.6 Å². The van der Waals surface area contributed by atoms with E-state index in [2.05, 4.69) is 15.6 Å². The summed E-state index contributed by atoms with van der Waals surface area (Å²) in [5.41, 5.74) is 1.58. The minimum Gasteiger partial charge on any atom is -0.494 e. The topological polar surface area (TPSA) is 63.2 Å². The lowest BCUT2D eigenvalue weighted by atomic mass is 9.85. The third-order valence-corrected chi connectivity index (χ3v) is 5.82. The van der Waals surface area contributed by atoms with Crippen LogP contribution in [0.5, 0.6) is 5.75 Å². The quantitative estimate of drug-likeness (QED) is 0.780. The molecular weight excluding hydrogens is 393 g/mol. The molecule has 2 aromatic rings. The number of aromatic nitrogens is 1. The Kier molecular flexibility index (Phi) is 6.44. The zero-order valence-corrected chi connectivity index (χ0v) is 17.5. The van der Waals surface area contributed by atoms with Crippen LogP contribution in [0.1, 0.15) is 51.3 Å². The highest BCUT2D eigenvalue weighted by atomic mass is 35.5. The average molecular weight is 420 g/mol. The Labute approximate surface area is 176 Å². The predicted molar refractivity (Wildman–Crippen MR) is 113 cm³/mol. The molecule has 1 amide bonds. The molecule has 0 radical (unpaired) electrons. The number of halogens is 2. The van der Waals surface area contributed by atoms with Crippen LogP contribution in [0.25, 0.3) is 11.1 Å². The second kappa shape index (κ2) is 8.67. The molecule has 2 fully saturated rings. The lowest BCUT2D eigenvalue weighted by Crippen LogP contribution is -2.59. The lowest BCUT2D eigenvalue weighted by molar-refractivity contribution is -0.130. The van der Waals surface area contributed by atoms with Gasteiger partial charge in [0.25, 0.3) is 0 Å². The molecule has 1 spiro atoms. The molecule has 0 aliphatic carbocycles. The normalized spacial score (nSPS) is 26.1. The molecule has 2 N–H and O–H groups in total. The second-order valence-corrected chi connectivity index (χ2v) is 7.77. The summed E-state index contributed by atoms with van der Waals surface area (Å²) < 4.78 is 19.9. The number of hydrogen-bond acceptors (Lipinski definition) is 4. The molecule has 2 aliphatic rings. The van der Waals surface area contributed by atoms with E-state index >= 15 is 0 Å². The lowest BCUT2D eigenvalue weighted by Gasteiger charge is -2.36. The standard InChI is InChI=1S/C22H26FN3O2.ClH/c1-3-28-16-4-5-18(23)17(13-16)15-8-11-24-20(12-15)19-7-10-22(26-19)9-6-14(2)25-21(22)27;/h4-5,8,11-14,19,26H,3,6-7,9-10H2,1-2H3,(H,25,27);1H/t14-,19-,22+;/m0./s1. The Hall–Kier alpha value is -2.18. The number of benzene rings is 1. The summed E-state index contributed by atoms with van der Waals surface area (Å²) in [6, 6.07) is 8.70. The molecule has 1 aromatic carbocycles. The minimum absolute atomic E-state index is 0. The summed E-state index contributed by atoms with van der Waals surface area (Å²) in [4.78, 5) is 17.1. The maximum absolute atomic E-state index is 14.4. The van der Waals surface area contributed by atoms with Crippen LogP contribution in [0.2, 0.25) is 0 Å². The molecule has 0 saturated carbocycles. The van der Waals surface area contributed by atoms with Crippen LogP contribution in [0.15, 0.2) is 36.5 Å². The summed E-state index contributed by atoms with van der Waals surface area (Å²) in [5.74, 6) is 0.431. The van der Waals surface area contributed by atoms with Crippen molar-refractivity contribution < 1.29 is 13.9 Å². The van der Waals surface area contributed by atoms with E-state index in [1.807, 2.05) is 19.9 Å². The molecule has 3 atom stereocenters. The summed E-state index contributed by atoms with van der Waals surface area (Å²) in [5, 5.41) is 6.59. The van der Waals surface area contributed by atoms with Gasteiger partial charge >= 0.3 is 0 Å². The molecule has 29 heavy (non-hydrogen) atoms. The molecule has 4 rings (SSSR count). The van der Waals surface area contributed by atoms with Gasteiger partial charge in [-0.15, -0.1) is 12.4 Å². The molecule has 0 bridgehead atoms. The van der Waals surface area contributed by atoms with Crippen LogP contribution in [-0.4, -0.2) is 29.1 Å². The predicted octanol–water partition coefficient (Wildman–Crippen LogP) is 4.17. The number of nitrogens with zero attached hydrogens (tertiary/aromatic N) is 1. The molecule has 7 heteroatoms. The largest absolute Gasteiger partial charge is 0.494 e. The van der Waals surface area contributed by atoms with E-state index in [4.69, 9.17) is 4.74 Å². The number of carbonyl (C=O) groups excluding carboxylic acids is 1. The van der Waals surface area contributed by atoms with E-state index in [9.17, 15) is 9.18 Å². The highest BCUT2D eigenvalue weighted by Gasteiger charge is 2.47. The van der Waals surface area contributed by atoms with Crippen LogP contribution >= 0.6 is 12.4 Å². The molecule has 0 unspecified atom stereocenters. The first kappa shape index (κ1) is 21.5. The fourth-order valence-electron chi connectivity index (χ4n) is 4.27. The van der Waals surface area contributed by atoms with Crippen LogP contribution in [0.3, 0.4) is 0 Å². The van der Waals surface area contributed by atoms with Gasteiger partial charge in [0.15, 0.2) is 0 Å². The fourth-order valence-corrected chi connectivity index (χ4v) is 4.27. The number of nitrogens with one attached hydrogen (secondary N) is 2. The second-order valence-electron chi connectivity index (χ2n) is 7.77. The molecule has 2 saturated heterocycles. The van der Waals surface area contributed by atoms with Crippen molar-refractivity contribution in [3.05, 3.63) is 48.0 Å². The number of ether oxygens (including phenoxy) is 1. The Morgan fingerprint density at radius 2 is 2.03 bits per heavy atom. The van der Waals surface area contributed by atoms with Gasteiger partial charge in [-0.1, -0.05) is 0 Å². The first-order chi connectivity index (χ1) is 13.5. The van der Waals surface area contributed by atoms with Gasteiger partial charge in [-0.05, 0) is 75.4 Å². The van der Waals surface area contributed by atoms with Crippen molar-refractivity contribution in [3.63, 3.8) is 0 Å². The Balaban J connectivity index is 0.00000240.